The molecule has 1 unspecified atom stereocenters. The standard InChI is InChI=1S/C13H20N2O4/c1-11-14-19-13(16)15(11)8-4-2-5-9-17-12-7-3-6-10-18-12/h2,4,12H,3,5-10H2,1H3. The predicted molar refractivity (Wildman–Crippen MR) is 68.8 cm³/mol. The van der Waals surface area contributed by atoms with Crippen LogP contribution in [-0.4, -0.2) is 29.2 Å². The molecule has 1 aliphatic rings. The van der Waals surface area contributed by atoms with E-state index in [1.165, 1.54) is 11.0 Å². The van der Waals surface area contributed by atoms with E-state index in [1.54, 1.807) is 6.92 Å². The molecule has 0 aliphatic carbocycles. The summed E-state index contributed by atoms with van der Waals surface area (Å²) in [4.78, 5) is 11.2. The van der Waals surface area contributed by atoms with Crippen molar-refractivity contribution in [3.8, 4) is 0 Å². The molecule has 2 rings (SSSR count). The van der Waals surface area contributed by atoms with Crippen molar-refractivity contribution in [1.29, 1.82) is 0 Å². The molecule has 0 amide bonds. The fourth-order valence-corrected chi connectivity index (χ4v) is 1.95. The van der Waals surface area contributed by atoms with Crippen molar-refractivity contribution in [2.24, 2.45) is 0 Å². The highest BCUT2D eigenvalue weighted by Gasteiger charge is 2.12. The van der Waals surface area contributed by atoms with E-state index in [9.17, 15) is 4.79 Å². The Morgan fingerprint density at radius 1 is 1.47 bits per heavy atom. The van der Waals surface area contributed by atoms with Crippen LogP contribution in [0, 0.1) is 6.92 Å². The van der Waals surface area contributed by atoms with Crippen LogP contribution in [0.25, 0.3) is 0 Å². The third kappa shape index (κ3) is 4.33. The normalized spacial score (nSPS) is 20.2. The number of aryl methyl sites for hydroxylation is 1. The zero-order chi connectivity index (χ0) is 13.5. The van der Waals surface area contributed by atoms with Crippen molar-refractivity contribution in [3.63, 3.8) is 0 Å². The molecule has 1 aromatic rings. The van der Waals surface area contributed by atoms with Crippen LogP contribution < -0.4 is 5.76 Å². The second-order valence-electron chi connectivity index (χ2n) is 4.53. The number of aromatic nitrogens is 2. The zero-order valence-electron chi connectivity index (χ0n) is 11.2. The van der Waals surface area contributed by atoms with Gasteiger partial charge in [0.2, 0.25) is 0 Å². The summed E-state index contributed by atoms with van der Waals surface area (Å²) in [6.45, 7) is 3.66. The van der Waals surface area contributed by atoms with Crippen LogP contribution in [0.2, 0.25) is 0 Å². The lowest BCUT2D eigenvalue weighted by Gasteiger charge is -2.22. The van der Waals surface area contributed by atoms with Gasteiger partial charge in [0.05, 0.1) is 6.61 Å². The molecule has 2 heterocycles. The maximum Gasteiger partial charge on any atom is 0.441 e. The minimum Gasteiger partial charge on any atom is -0.353 e. The third-order valence-corrected chi connectivity index (χ3v) is 3.05. The molecule has 6 nitrogen and oxygen atoms in total. The number of nitrogens with zero attached hydrogens (tertiary/aromatic N) is 2. The molecule has 1 atom stereocenters. The molecule has 1 aromatic heterocycles. The summed E-state index contributed by atoms with van der Waals surface area (Å²) in [5.41, 5.74) is 0. The molecule has 0 saturated carbocycles. The lowest BCUT2D eigenvalue weighted by atomic mass is 10.2. The van der Waals surface area contributed by atoms with Crippen molar-refractivity contribution in [2.75, 3.05) is 13.2 Å². The Bertz CT molecular complexity index is 457. The molecule has 1 aliphatic heterocycles. The number of allylic oxidation sites excluding steroid dienone is 1. The summed E-state index contributed by atoms with van der Waals surface area (Å²) >= 11 is 0. The van der Waals surface area contributed by atoms with Gasteiger partial charge >= 0.3 is 5.76 Å². The van der Waals surface area contributed by atoms with Gasteiger partial charge < -0.3 is 9.47 Å². The Morgan fingerprint density at radius 2 is 2.37 bits per heavy atom. The van der Waals surface area contributed by atoms with Crippen LogP contribution in [0.5, 0.6) is 0 Å². The molecule has 0 bridgehead atoms. The highest BCUT2D eigenvalue weighted by atomic mass is 16.7. The molecule has 1 saturated heterocycles. The summed E-state index contributed by atoms with van der Waals surface area (Å²) in [7, 11) is 0. The summed E-state index contributed by atoms with van der Waals surface area (Å²) in [5.74, 6) is 0.163. The maximum absolute atomic E-state index is 11.2. The van der Waals surface area contributed by atoms with E-state index in [0.717, 1.165) is 25.9 Å². The van der Waals surface area contributed by atoms with Gasteiger partial charge in [-0.1, -0.05) is 17.3 Å². The molecule has 1 fully saturated rings. The molecule has 0 N–H and O–H groups in total. The van der Waals surface area contributed by atoms with Crippen molar-refractivity contribution in [3.05, 3.63) is 28.5 Å². The smallest absolute Gasteiger partial charge is 0.353 e. The first-order valence-electron chi connectivity index (χ1n) is 6.68. The van der Waals surface area contributed by atoms with Gasteiger partial charge in [-0.3, -0.25) is 9.09 Å². The fourth-order valence-electron chi connectivity index (χ4n) is 1.95. The minimum absolute atomic E-state index is 0.0370. The monoisotopic (exact) mass is 268 g/mol. The van der Waals surface area contributed by atoms with E-state index < -0.39 is 5.76 Å². The summed E-state index contributed by atoms with van der Waals surface area (Å²) in [6.07, 6.45) is 7.96. The van der Waals surface area contributed by atoms with E-state index in [0.29, 0.717) is 19.0 Å². The van der Waals surface area contributed by atoms with E-state index in [4.69, 9.17) is 9.47 Å². The molecule has 6 heteroatoms. The molecular weight excluding hydrogens is 248 g/mol. The molecule has 19 heavy (non-hydrogen) atoms. The van der Waals surface area contributed by atoms with E-state index in [-0.39, 0.29) is 6.29 Å². The average molecular weight is 268 g/mol. The topological polar surface area (TPSA) is 66.5 Å². The van der Waals surface area contributed by atoms with Gasteiger partial charge in [-0.05, 0) is 32.6 Å². The molecule has 0 radical (unpaired) electrons. The lowest BCUT2D eigenvalue weighted by molar-refractivity contribution is -0.161. The SMILES string of the molecule is Cc1noc(=O)n1CC=CCCOC1CCCCO1. The average Bonchev–Trinajstić information content (AvgIpc) is 2.75. The van der Waals surface area contributed by atoms with Gasteiger partial charge in [0.25, 0.3) is 0 Å². The van der Waals surface area contributed by atoms with Crippen LogP contribution in [-0.2, 0) is 16.0 Å². The van der Waals surface area contributed by atoms with E-state index in [1.807, 2.05) is 12.2 Å². The van der Waals surface area contributed by atoms with Crippen molar-refractivity contribution in [1.82, 2.24) is 9.72 Å². The van der Waals surface area contributed by atoms with Gasteiger partial charge in [-0.2, -0.15) is 0 Å². The summed E-state index contributed by atoms with van der Waals surface area (Å²) < 4.78 is 17.1. The molecule has 0 aromatic carbocycles. The molecule has 106 valence electrons. The number of hydrogen-bond acceptors (Lipinski definition) is 5. The van der Waals surface area contributed by atoms with Gasteiger partial charge in [-0.15, -0.1) is 0 Å². The fraction of sp³-hybridized carbons (Fsp3) is 0.692. The first-order chi connectivity index (χ1) is 9.27. The number of ether oxygens (including phenoxy) is 2. The van der Waals surface area contributed by atoms with Gasteiger partial charge in [-0.25, -0.2) is 4.79 Å². The Hall–Kier alpha value is -1.40. The van der Waals surface area contributed by atoms with Crippen molar-refractivity contribution >= 4 is 0 Å². The Morgan fingerprint density at radius 3 is 3.05 bits per heavy atom. The predicted octanol–water partition coefficient (Wildman–Crippen LogP) is 1.63. The van der Waals surface area contributed by atoms with Gasteiger partial charge in [0.1, 0.15) is 0 Å². The quantitative estimate of drug-likeness (QED) is 0.579. The second-order valence-corrected chi connectivity index (χ2v) is 4.53. The van der Waals surface area contributed by atoms with Gasteiger partial charge in [0.15, 0.2) is 12.1 Å². The highest BCUT2D eigenvalue weighted by Crippen LogP contribution is 2.13. The number of rotatable bonds is 6. The van der Waals surface area contributed by atoms with Crippen LogP contribution in [0.1, 0.15) is 31.5 Å². The molecule has 0 spiro atoms. The third-order valence-electron chi connectivity index (χ3n) is 3.05. The zero-order valence-corrected chi connectivity index (χ0v) is 11.2. The number of hydrogen-bond donors (Lipinski definition) is 0. The van der Waals surface area contributed by atoms with Crippen molar-refractivity contribution < 1.29 is 14.0 Å². The minimum atomic E-state index is -0.422. The lowest BCUT2D eigenvalue weighted by Crippen LogP contribution is -2.22. The summed E-state index contributed by atoms with van der Waals surface area (Å²) in [5, 5.41) is 3.59. The van der Waals surface area contributed by atoms with Gasteiger partial charge in [0, 0.05) is 13.2 Å². The first-order valence-corrected chi connectivity index (χ1v) is 6.68. The van der Waals surface area contributed by atoms with Crippen LogP contribution in [0.3, 0.4) is 0 Å². The summed E-state index contributed by atoms with van der Waals surface area (Å²) in [6, 6.07) is 0. The van der Waals surface area contributed by atoms with Crippen molar-refractivity contribution in [2.45, 2.75) is 45.4 Å². The Kier molecular flexibility index (Phi) is 5.35. The first kappa shape index (κ1) is 14.0. The van der Waals surface area contributed by atoms with Crippen LogP contribution >= 0.6 is 0 Å². The van der Waals surface area contributed by atoms with Crippen LogP contribution in [0.4, 0.5) is 0 Å². The second kappa shape index (κ2) is 7.25. The van der Waals surface area contributed by atoms with Crippen LogP contribution in [0.15, 0.2) is 21.5 Å². The highest BCUT2D eigenvalue weighted by molar-refractivity contribution is 4.87. The Labute approximate surface area is 112 Å². The van der Waals surface area contributed by atoms with E-state index >= 15 is 0 Å². The Balaban J connectivity index is 1.63. The van der Waals surface area contributed by atoms with E-state index in [2.05, 4.69) is 9.68 Å². The maximum atomic E-state index is 11.2. The largest absolute Gasteiger partial charge is 0.441 e. The molecular formula is C13H20N2O4.